The number of hydrogen-bond acceptors (Lipinski definition) is 8. The number of fused-ring (bicyclic) bond motifs is 1. The first-order valence-electron chi connectivity index (χ1n) is 12.2. The minimum absolute atomic E-state index is 0.00987. The molecule has 38 heavy (non-hydrogen) atoms. The number of ether oxygens (including phenoxy) is 3. The average Bonchev–Trinajstić information content (AvgIpc) is 3.32. The molecule has 0 bridgehead atoms. The molecule has 1 N–H and O–H groups in total. The Morgan fingerprint density at radius 2 is 1.63 bits per heavy atom. The molecule has 0 saturated carbocycles. The van der Waals surface area contributed by atoms with Gasteiger partial charge in [0.1, 0.15) is 5.75 Å². The predicted octanol–water partition coefficient (Wildman–Crippen LogP) is 5.82. The molecule has 0 aliphatic rings. The van der Waals surface area contributed by atoms with Crippen LogP contribution >= 0.6 is 11.3 Å². The highest BCUT2D eigenvalue weighted by atomic mass is 32.2. The summed E-state index contributed by atoms with van der Waals surface area (Å²) < 4.78 is 42.2. The van der Waals surface area contributed by atoms with Gasteiger partial charge >= 0.3 is 0 Å². The molecule has 0 saturated heterocycles. The average molecular weight is 555 g/mol. The van der Waals surface area contributed by atoms with Crippen LogP contribution in [0.3, 0.4) is 0 Å². The molecule has 0 aliphatic heterocycles. The topological polar surface area (TPSA) is 104 Å². The summed E-state index contributed by atoms with van der Waals surface area (Å²) in [7, 11) is -0.270. The number of thiazole rings is 1. The molecule has 3 aromatic carbocycles. The van der Waals surface area contributed by atoms with Gasteiger partial charge in [-0.2, -0.15) is 0 Å². The highest BCUT2D eigenvalue weighted by molar-refractivity contribution is 7.91. The summed E-state index contributed by atoms with van der Waals surface area (Å²) in [6.07, 6.45) is 0.935. The fourth-order valence-electron chi connectivity index (χ4n) is 3.93. The van der Waals surface area contributed by atoms with Crippen molar-refractivity contribution in [2.24, 2.45) is 0 Å². The summed E-state index contributed by atoms with van der Waals surface area (Å²) >= 11 is 1.30. The van der Waals surface area contributed by atoms with Gasteiger partial charge in [-0.1, -0.05) is 55.9 Å². The van der Waals surface area contributed by atoms with Gasteiger partial charge in [0, 0.05) is 17.7 Å². The van der Waals surface area contributed by atoms with Gasteiger partial charge in [0.15, 0.2) is 26.5 Å². The zero-order chi connectivity index (χ0) is 27.3. The molecule has 0 aliphatic carbocycles. The molecule has 0 spiro atoms. The Bertz CT molecular complexity index is 1470. The summed E-state index contributed by atoms with van der Waals surface area (Å²) in [4.78, 5) is 18.2. The minimum Gasteiger partial charge on any atom is -0.493 e. The van der Waals surface area contributed by atoms with E-state index in [4.69, 9.17) is 14.2 Å². The Labute approximate surface area is 226 Å². The number of sulfone groups is 1. The van der Waals surface area contributed by atoms with Crippen molar-refractivity contribution < 1.29 is 27.4 Å². The molecular formula is C28H30N2O6S2. The molecule has 1 unspecified atom stereocenters. The normalized spacial score (nSPS) is 12.2. The van der Waals surface area contributed by atoms with Crippen LogP contribution in [0.25, 0.3) is 10.2 Å². The zero-order valence-electron chi connectivity index (χ0n) is 21.7. The third-order valence-electron chi connectivity index (χ3n) is 6.00. The number of aromatic nitrogens is 1. The van der Waals surface area contributed by atoms with Crippen LogP contribution in [-0.2, 0) is 21.1 Å². The molecule has 200 valence electrons. The number of methoxy groups -OCH3 is 2. The molecule has 1 aromatic heterocycles. The molecule has 10 heteroatoms. The van der Waals surface area contributed by atoms with Gasteiger partial charge in [0.05, 0.1) is 35.1 Å². The largest absolute Gasteiger partial charge is 0.493 e. The number of anilines is 1. The maximum atomic E-state index is 13.5. The molecule has 0 fully saturated rings. The van der Waals surface area contributed by atoms with Gasteiger partial charge in [0.25, 0.3) is 5.91 Å². The molecule has 1 atom stereocenters. The predicted molar refractivity (Wildman–Crippen MR) is 149 cm³/mol. The van der Waals surface area contributed by atoms with Crippen LogP contribution in [0.15, 0.2) is 65.6 Å². The van der Waals surface area contributed by atoms with E-state index >= 15 is 0 Å². The first-order chi connectivity index (χ1) is 18.3. The second-order valence-electron chi connectivity index (χ2n) is 8.55. The summed E-state index contributed by atoms with van der Waals surface area (Å²) in [5.74, 6) is 1.18. The third kappa shape index (κ3) is 6.08. The SMILES string of the molecule is CCCc1ccc(OC(C(=O)Nc2nc3cc(OC)c(OC)cc3s2)c2ccc(S(=O)(=O)CC)cc2)cc1. The second kappa shape index (κ2) is 11.8. The number of carbonyl (C=O) groups excluding carboxylic acids is 1. The lowest BCUT2D eigenvalue weighted by Gasteiger charge is -2.19. The van der Waals surface area contributed by atoms with Gasteiger partial charge in [-0.3, -0.25) is 10.1 Å². The second-order valence-corrected chi connectivity index (χ2v) is 11.9. The van der Waals surface area contributed by atoms with Crippen molar-refractivity contribution in [1.29, 1.82) is 0 Å². The van der Waals surface area contributed by atoms with E-state index in [1.54, 1.807) is 45.4 Å². The van der Waals surface area contributed by atoms with E-state index in [2.05, 4.69) is 17.2 Å². The van der Waals surface area contributed by atoms with Crippen molar-refractivity contribution in [3.05, 3.63) is 71.8 Å². The highest BCUT2D eigenvalue weighted by Crippen LogP contribution is 2.36. The van der Waals surface area contributed by atoms with E-state index in [0.29, 0.717) is 33.5 Å². The minimum atomic E-state index is -3.38. The number of nitrogens with zero attached hydrogens (tertiary/aromatic N) is 1. The van der Waals surface area contributed by atoms with Gasteiger partial charge in [0.2, 0.25) is 6.10 Å². The Kier molecular flexibility index (Phi) is 8.53. The van der Waals surface area contributed by atoms with Crippen LogP contribution in [0.2, 0.25) is 0 Å². The van der Waals surface area contributed by atoms with Crippen LogP contribution in [0.1, 0.15) is 37.5 Å². The third-order valence-corrected chi connectivity index (χ3v) is 8.68. The van der Waals surface area contributed by atoms with Crippen molar-refractivity contribution in [2.45, 2.75) is 37.7 Å². The molecule has 1 amide bonds. The van der Waals surface area contributed by atoms with Crippen LogP contribution in [0.4, 0.5) is 5.13 Å². The molecular weight excluding hydrogens is 524 g/mol. The van der Waals surface area contributed by atoms with Crippen molar-refractivity contribution >= 4 is 42.4 Å². The molecule has 4 aromatic rings. The highest BCUT2D eigenvalue weighted by Gasteiger charge is 2.25. The Hall–Kier alpha value is -3.63. The summed E-state index contributed by atoms with van der Waals surface area (Å²) in [6.45, 7) is 3.70. The number of nitrogens with one attached hydrogen (secondary N) is 1. The number of rotatable bonds is 11. The number of carbonyl (C=O) groups is 1. The van der Waals surface area contributed by atoms with Gasteiger partial charge < -0.3 is 14.2 Å². The number of amides is 1. The van der Waals surface area contributed by atoms with Gasteiger partial charge in [-0.15, -0.1) is 0 Å². The van der Waals surface area contributed by atoms with E-state index < -0.39 is 21.8 Å². The van der Waals surface area contributed by atoms with Crippen molar-refractivity contribution in [3.63, 3.8) is 0 Å². The van der Waals surface area contributed by atoms with Crippen molar-refractivity contribution in [2.75, 3.05) is 25.3 Å². The Balaban J connectivity index is 1.64. The van der Waals surface area contributed by atoms with Gasteiger partial charge in [-0.05, 0) is 36.2 Å². The van der Waals surface area contributed by atoms with Crippen molar-refractivity contribution in [3.8, 4) is 17.2 Å². The van der Waals surface area contributed by atoms with E-state index in [-0.39, 0.29) is 10.6 Å². The van der Waals surface area contributed by atoms with E-state index in [1.807, 2.05) is 24.3 Å². The lowest BCUT2D eigenvalue weighted by molar-refractivity contribution is -0.123. The quantitative estimate of drug-likeness (QED) is 0.249. The molecule has 8 nitrogen and oxygen atoms in total. The van der Waals surface area contributed by atoms with E-state index in [9.17, 15) is 13.2 Å². The van der Waals surface area contributed by atoms with Crippen LogP contribution in [-0.4, -0.2) is 39.3 Å². The molecule has 1 heterocycles. The maximum Gasteiger partial charge on any atom is 0.271 e. The molecule has 0 radical (unpaired) electrons. The number of benzene rings is 3. The zero-order valence-corrected chi connectivity index (χ0v) is 23.3. The summed E-state index contributed by atoms with van der Waals surface area (Å²) in [5.41, 5.74) is 2.34. The van der Waals surface area contributed by atoms with Crippen LogP contribution in [0.5, 0.6) is 17.2 Å². The van der Waals surface area contributed by atoms with E-state index in [0.717, 1.165) is 17.5 Å². The first-order valence-corrected chi connectivity index (χ1v) is 14.7. The summed E-state index contributed by atoms with van der Waals surface area (Å²) in [6, 6.07) is 17.4. The van der Waals surface area contributed by atoms with Crippen LogP contribution in [0, 0.1) is 0 Å². The standard InChI is InChI=1S/C28H30N2O6S2/c1-5-7-18-8-12-20(13-9-18)36-26(19-10-14-21(15-11-19)38(32,33)6-2)27(31)30-28-29-22-16-23(34-3)24(35-4)17-25(22)37-28/h8-17,26H,5-7H2,1-4H3,(H,29,30,31). The Morgan fingerprint density at radius 1 is 0.974 bits per heavy atom. The first kappa shape index (κ1) is 27.4. The van der Waals surface area contributed by atoms with E-state index in [1.165, 1.54) is 29.0 Å². The summed E-state index contributed by atoms with van der Waals surface area (Å²) in [5, 5.41) is 3.24. The lowest BCUT2D eigenvalue weighted by Crippen LogP contribution is -2.25. The number of aryl methyl sites for hydroxylation is 1. The fraction of sp³-hybridized carbons (Fsp3) is 0.286. The Morgan fingerprint density at radius 3 is 2.24 bits per heavy atom. The molecule has 4 rings (SSSR count). The lowest BCUT2D eigenvalue weighted by atomic mass is 10.1. The van der Waals surface area contributed by atoms with Crippen molar-refractivity contribution in [1.82, 2.24) is 4.98 Å². The smallest absolute Gasteiger partial charge is 0.271 e. The van der Waals surface area contributed by atoms with Gasteiger partial charge in [-0.25, -0.2) is 13.4 Å². The fourth-order valence-corrected chi connectivity index (χ4v) is 5.69. The number of hydrogen-bond donors (Lipinski definition) is 1. The maximum absolute atomic E-state index is 13.5. The van der Waals surface area contributed by atoms with Crippen LogP contribution < -0.4 is 19.5 Å². The monoisotopic (exact) mass is 554 g/mol.